The van der Waals surface area contributed by atoms with E-state index in [-0.39, 0.29) is 5.41 Å². The van der Waals surface area contributed by atoms with E-state index in [9.17, 15) is 0 Å². The second-order valence-electron chi connectivity index (χ2n) is 5.36. The number of hydrogen-bond acceptors (Lipinski definition) is 2. The Hall–Kier alpha value is -1.35. The summed E-state index contributed by atoms with van der Waals surface area (Å²) < 4.78 is 2.33. The molecule has 1 aromatic carbocycles. The molecule has 3 heteroatoms. The third-order valence-electron chi connectivity index (χ3n) is 4.44. The van der Waals surface area contributed by atoms with Crippen LogP contribution in [0.4, 0.5) is 0 Å². The zero-order valence-corrected chi connectivity index (χ0v) is 12.5. The molecule has 0 bridgehead atoms. The van der Waals surface area contributed by atoms with Crippen LogP contribution < -0.4 is 5.73 Å². The van der Waals surface area contributed by atoms with E-state index in [1.165, 1.54) is 11.1 Å². The van der Waals surface area contributed by atoms with Crippen LogP contribution in [0.2, 0.25) is 0 Å². The molecule has 0 spiro atoms. The third kappa shape index (κ3) is 2.16. The van der Waals surface area contributed by atoms with E-state index < -0.39 is 0 Å². The molecule has 0 aliphatic rings. The number of nitrogens with two attached hydrogens (primary N) is 1. The molecule has 0 fully saturated rings. The molecule has 0 aliphatic heterocycles. The summed E-state index contributed by atoms with van der Waals surface area (Å²) in [5.74, 6) is 1.16. The highest BCUT2D eigenvalue weighted by Gasteiger charge is 2.32. The van der Waals surface area contributed by atoms with Gasteiger partial charge in [-0.3, -0.25) is 0 Å². The van der Waals surface area contributed by atoms with E-state index in [1.54, 1.807) is 0 Å². The molecule has 2 N–H and O–H groups in total. The third-order valence-corrected chi connectivity index (χ3v) is 4.44. The van der Waals surface area contributed by atoms with Crippen LogP contribution in [0.5, 0.6) is 0 Å². The molecule has 0 unspecified atom stereocenters. The van der Waals surface area contributed by atoms with Gasteiger partial charge in [0.05, 0.1) is 11.0 Å². The number of aromatic nitrogens is 2. The minimum Gasteiger partial charge on any atom is -0.329 e. The first-order chi connectivity index (χ1) is 9.11. The van der Waals surface area contributed by atoms with Crippen molar-refractivity contribution in [2.45, 2.75) is 52.5 Å². The summed E-state index contributed by atoms with van der Waals surface area (Å²) in [6.07, 6.45) is 2.06. The fourth-order valence-corrected chi connectivity index (χ4v) is 2.91. The van der Waals surface area contributed by atoms with E-state index >= 15 is 0 Å². The monoisotopic (exact) mass is 259 g/mol. The number of rotatable bonds is 5. The van der Waals surface area contributed by atoms with E-state index in [2.05, 4.69) is 50.5 Å². The number of fused-ring (bicyclic) bond motifs is 1. The molecule has 0 aliphatic carbocycles. The average molecular weight is 259 g/mol. The maximum atomic E-state index is 6.08. The van der Waals surface area contributed by atoms with Gasteiger partial charge in [0, 0.05) is 18.5 Å². The Morgan fingerprint density at radius 3 is 2.42 bits per heavy atom. The number of imidazole rings is 1. The Labute approximate surface area is 115 Å². The Kier molecular flexibility index (Phi) is 3.95. The summed E-state index contributed by atoms with van der Waals surface area (Å²) in [7, 11) is 0. The van der Waals surface area contributed by atoms with Crippen molar-refractivity contribution in [2.24, 2.45) is 5.73 Å². The topological polar surface area (TPSA) is 43.8 Å². The lowest BCUT2D eigenvalue weighted by Gasteiger charge is -2.30. The van der Waals surface area contributed by atoms with Crippen molar-refractivity contribution < 1.29 is 0 Å². The highest BCUT2D eigenvalue weighted by molar-refractivity contribution is 5.77. The molecule has 3 nitrogen and oxygen atoms in total. The molecular weight excluding hydrogens is 234 g/mol. The lowest BCUT2D eigenvalue weighted by atomic mass is 9.81. The van der Waals surface area contributed by atoms with Crippen LogP contribution in [0.15, 0.2) is 18.2 Å². The van der Waals surface area contributed by atoms with Crippen LogP contribution in [-0.4, -0.2) is 16.1 Å². The largest absolute Gasteiger partial charge is 0.329 e. The molecular formula is C16H25N3. The molecule has 0 atom stereocenters. The molecule has 2 aromatic rings. The molecule has 1 heterocycles. The number of hydrogen-bond donors (Lipinski definition) is 1. The van der Waals surface area contributed by atoms with E-state index in [1.807, 2.05) is 0 Å². The van der Waals surface area contributed by atoms with Crippen LogP contribution >= 0.6 is 0 Å². The summed E-state index contributed by atoms with van der Waals surface area (Å²) >= 11 is 0. The Bertz CT molecular complexity index is 556. The molecule has 19 heavy (non-hydrogen) atoms. The molecule has 104 valence electrons. The molecule has 1 aromatic heterocycles. The Morgan fingerprint density at radius 1 is 1.21 bits per heavy atom. The molecule has 0 radical (unpaired) electrons. The lowest BCUT2D eigenvalue weighted by Crippen LogP contribution is -2.36. The lowest BCUT2D eigenvalue weighted by molar-refractivity contribution is 0.369. The maximum absolute atomic E-state index is 6.08. The molecule has 0 amide bonds. The second kappa shape index (κ2) is 5.33. The fraction of sp³-hybridized carbons (Fsp3) is 0.562. The SMILES string of the molecule is CCn1c(C(CC)(CC)CN)nc2cc(C)ccc21. The second-order valence-corrected chi connectivity index (χ2v) is 5.36. The standard InChI is InChI=1S/C16H25N3/c1-5-16(6-2,11-17)15-18-13-10-12(4)8-9-14(13)19(15)7-3/h8-10H,5-7,11,17H2,1-4H3. The van der Waals surface area contributed by atoms with Crippen LogP contribution in [0.1, 0.15) is 45.0 Å². The first-order valence-corrected chi connectivity index (χ1v) is 7.29. The van der Waals surface area contributed by atoms with Crippen LogP contribution in [0, 0.1) is 6.92 Å². The highest BCUT2D eigenvalue weighted by atomic mass is 15.1. The Balaban J connectivity index is 2.72. The minimum atomic E-state index is 0.00291. The van der Waals surface area contributed by atoms with Crippen LogP contribution in [0.3, 0.4) is 0 Å². The maximum Gasteiger partial charge on any atom is 0.117 e. The van der Waals surface area contributed by atoms with Crippen molar-refractivity contribution in [3.05, 3.63) is 29.6 Å². The average Bonchev–Trinajstić information content (AvgIpc) is 2.79. The van der Waals surface area contributed by atoms with Crippen molar-refractivity contribution in [2.75, 3.05) is 6.54 Å². The molecule has 0 saturated heterocycles. The predicted octanol–water partition coefficient (Wildman–Crippen LogP) is 3.38. The zero-order valence-electron chi connectivity index (χ0n) is 12.5. The van der Waals surface area contributed by atoms with Crippen LogP contribution in [-0.2, 0) is 12.0 Å². The van der Waals surface area contributed by atoms with Gasteiger partial charge in [-0.15, -0.1) is 0 Å². The highest BCUT2D eigenvalue weighted by Crippen LogP contribution is 2.32. The summed E-state index contributed by atoms with van der Waals surface area (Å²) in [6.45, 7) is 10.3. The van der Waals surface area contributed by atoms with Crippen molar-refractivity contribution >= 4 is 11.0 Å². The molecule has 0 saturated carbocycles. The van der Waals surface area contributed by atoms with Crippen molar-refractivity contribution in [3.8, 4) is 0 Å². The van der Waals surface area contributed by atoms with Gasteiger partial charge < -0.3 is 10.3 Å². The van der Waals surface area contributed by atoms with Gasteiger partial charge >= 0.3 is 0 Å². The van der Waals surface area contributed by atoms with Crippen LogP contribution in [0.25, 0.3) is 11.0 Å². The van der Waals surface area contributed by atoms with Gasteiger partial charge in [-0.25, -0.2) is 4.98 Å². The summed E-state index contributed by atoms with van der Waals surface area (Å²) in [5.41, 5.74) is 9.66. The summed E-state index contributed by atoms with van der Waals surface area (Å²) in [6, 6.07) is 6.50. The van der Waals surface area contributed by atoms with E-state index in [0.717, 1.165) is 30.7 Å². The quantitative estimate of drug-likeness (QED) is 0.894. The van der Waals surface area contributed by atoms with Gasteiger partial charge in [0.2, 0.25) is 0 Å². The summed E-state index contributed by atoms with van der Waals surface area (Å²) in [4.78, 5) is 4.91. The van der Waals surface area contributed by atoms with E-state index in [4.69, 9.17) is 10.7 Å². The zero-order chi connectivity index (χ0) is 14.0. The normalized spacial score (nSPS) is 12.3. The minimum absolute atomic E-state index is 0.00291. The number of benzene rings is 1. The van der Waals surface area contributed by atoms with Crippen molar-refractivity contribution in [1.82, 2.24) is 9.55 Å². The summed E-state index contributed by atoms with van der Waals surface area (Å²) in [5, 5.41) is 0. The van der Waals surface area contributed by atoms with E-state index in [0.29, 0.717) is 6.54 Å². The van der Waals surface area contributed by atoms with Gasteiger partial charge in [0.15, 0.2) is 0 Å². The van der Waals surface area contributed by atoms with Gasteiger partial charge in [-0.2, -0.15) is 0 Å². The van der Waals surface area contributed by atoms with Crippen molar-refractivity contribution in [1.29, 1.82) is 0 Å². The Morgan fingerprint density at radius 2 is 1.89 bits per heavy atom. The van der Waals surface area contributed by atoms with Gasteiger partial charge in [-0.1, -0.05) is 19.9 Å². The number of nitrogens with zero attached hydrogens (tertiary/aromatic N) is 2. The van der Waals surface area contributed by atoms with Crippen molar-refractivity contribution in [3.63, 3.8) is 0 Å². The van der Waals surface area contributed by atoms with Gasteiger partial charge in [0.25, 0.3) is 0 Å². The van der Waals surface area contributed by atoms with Gasteiger partial charge in [0.1, 0.15) is 5.82 Å². The predicted molar refractivity (Wildman–Crippen MR) is 81.5 cm³/mol. The van der Waals surface area contributed by atoms with Gasteiger partial charge in [-0.05, 0) is 44.4 Å². The first-order valence-electron chi connectivity index (χ1n) is 7.29. The fourth-order valence-electron chi connectivity index (χ4n) is 2.91. The first kappa shape index (κ1) is 14.1. The smallest absolute Gasteiger partial charge is 0.117 e. The number of aryl methyl sites for hydroxylation is 2. The molecule has 2 rings (SSSR count).